The number of rotatable bonds is 2. The maximum Gasteiger partial charge on any atom is 0.152 e. The standard InChI is InChI=1S/C10H10Cl2N2O/c11-5-9-6-13-10(14-15-9)7-1-3-8(12)4-2-7/h1-4,9H,5-6H2,(H,13,14). The summed E-state index contributed by atoms with van der Waals surface area (Å²) in [6.07, 6.45) is -0.0530. The predicted molar refractivity (Wildman–Crippen MR) is 61.6 cm³/mol. The van der Waals surface area contributed by atoms with Crippen molar-refractivity contribution < 1.29 is 4.84 Å². The minimum Gasteiger partial charge on any atom is -0.268 e. The quantitative estimate of drug-likeness (QED) is 0.810. The lowest BCUT2D eigenvalue weighted by Crippen LogP contribution is -2.38. The minimum absolute atomic E-state index is 0.0530. The summed E-state index contributed by atoms with van der Waals surface area (Å²) in [7, 11) is 0. The second-order valence-electron chi connectivity index (χ2n) is 3.19. The molecule has 5 heteroatoms. The van der Waals surface area contributed by atoms with Crippen molar-refractivity contribution in [3.05, 3.63) is 34.9 Å². The normalized spacial score (nSPS) is 20.7. The molecule has 1 aliphatic heterocycles. The summed E-state index contributed by atoms with van der Waals surface area (Å²) in [4.78, 5) is 9.61. The Morgan fingerprint density at radius 1 is 1.40 bits per heavy atom. The number of nitrogens with one attached hydrogen (secondary N) is 1. The fourth-order valence-electron chi connectivity index (χ4n) is 1.24. The number of aliphatic imine (C=N–C) groups is 1. The first-order valence-corrected chi connectivity index (χ1v) is 5.49. The average Bonchev–Trinajstić information content (AvgIpc) is 2.30. The number of nitrogens with zero attached hydrogens (tertiary/aromatic N) is 1. The van der Waals surface area contributed by atoms with Crippen LogP contribution in [0, 0.1) is 0 Å². The molecule has 1 unspecified atom stereocenters. The van der Waals surface area contributed by atoms with Gasteiger partial charge in [-0.15, -0.1) is 11.6 Å². The Morgan fingerprint density at radius 2 is 2.13 bits per heavy atom. The molecular weight excluding hydrogens is 235 g/mol. The van der Waals surface area contributed by atoms with Crippen molar-refractivity contribution in [2.45, 2.75) is 6.10 Å². The Balaban J connectivity index is 2.12. The summed E-state index contributed by atoms with van der Waals surface area (Å²) in [6.45, 7) is 0.578. The molecule has 1 atom stereocenters. The maximum atomic E-state index is 5.79. The van der Waals surface area contributed by atoms with Crippen LogP contribution in [-0.4, -0.2) is 24.4 Å². The van der Waals surface area contributed by atoms with E-state index in [2.05, 4.69) is 10.5 Å². The summed E-state index contributed by atoms with van der Waals surface area (Å²) in [5, 5.41) is 0.703. The van der Waals surface area contributed by atoms with Gasteiger partial charge in [-0.2, -0.15) is 0 Å². The second kappa shape index (κ2) is 4.84. The van der Waals surface area contributed by atoms with Gasteiger partial charge >= 0.3 is 0 Å². The van der Waals surface area contributed by atoms with Crippen molar-refractivity contribution in [1.29, 1.82) is 0 Å². The average molecular weight is 245 g/mol. The van der Waals surface area contributed by atoms with E-state index in [0.29, 0.717) is 23.3 Å². The summed E-state index contributed by atoms with van der Waals surface area (Å²) in [6, 6.07) is 7.40. The fraction of sp³-hybridized carbons (Fsp3) is 0.300. The van der Waals surface area contributed by atoms with Crippen LogP contribution >= 0.6 is 23.2 Å². The molecule has 1 heterocycles. The number of hydrogen-bond acceptors (Lipinski definition) is 3. The van der Waals surface area contributed by atoms with E-state index in [0.717, 1.165) is 5.56 Å². The number of halogens is 2. The first-order chi connectivity index (χ1) is 7.29. The summed E-state index contributed by atoms with van der Waals surface area (Å²) < 4.78 is 0. The molecule has 0 saturated carbocycles. The molecule has 0 aromatic heterocycles. The molecule has 1 aromatic carbocycles. The van der Waals surface area contributed by atoms with E-state index in [9.17, 15) is 0 Å². The van der Waals surface area contributed by atoms with E-state index in [1.165, 1.54) is 0 Å². The van der Waals surface area contributed by atoms with Gasteiger partial charge in [-0.05, 0) is 24.3 Å². The van der Waals surface area contributed by atoms with Crippen LogP contribution < -0.4 is 5.48 Å². The van der Waals surface area contributed by atoms with Crippen LogP contribution in [0.5, 0.6) is 0 Å². The van der Waals surface area contributed by atoms with Crippen LogP contribution in [0.1, 0.15) is 5.56 Å². The van der Waals surface area contributed by atoms with Gasteiger partial charge in [-0.25, -0.2) is 5.48 Å². The highest BCUT2D eigenvalue weighted by Gasteiger charge is 2.15. The van der Waals surface area contributed by atoms with Crippen molar-refractivity contribution in [3.63, 3.8) is 0 Å². The Morgan fingerprint density at radius 3 is 2.67 bits per heavy atom. The highest BCUT2D eigenvalue weighted by Crippen LogP contribution is 2.11. The molecule has 0 amide bonds. The monoisotopic (exact) mass is 244 g/mol. The number of amidine groups is 1. The predicted octanol–water partition coefficient (Wildman–Crippen LogP) is 2.23. The molecule has 1 aromatic rings. The maximum absolute atomic E-state index is 5.79. The van der Waals surface area contributed by atoms with E-state index in [1.54, 1.807) is 0 Å². The summed E-state index contributed by atoms with van der Waals surface area (Å²) >= 11 is 11.4. The van der Waals surface area contributed by atoms with Gasteiger partial charge < -0.3 is 0 Å². The molecule has 1 N–H and O–H groups in total. The van der Waals surface area contributed by atoms with Crippen LogP contribution in [0.2, 0.25) is 5.02 Å². The Kier molecular flexibility index (Phi) is 3.46. The number of hydroxylamine groups is 1. The molecular formula is C10H10Cl2N2O. The third-order valence-electron chi connectivity index (χ3n) is 2.07. The molecule has 80 valence electrons. The summed E-state index contributed by atoms with van der Waals surface area (Å²) in [5.74, 6) is 1.15. The van der Waals surface area contributed by atoms with Crippen LogP contribution in [0.15, 0.2) is 29.3 Å². The van der Waals surface area contributed by atoms with Crippen LogP contribution in [0.4, 0.5) is 0 Å². The lowest BCUT2D eigenvalue weighted by molar-refractivity contribution is 0.0205. The van der Waals surface area contributed by atoms with Crippen molar-refractivity contribution >= 4 is 29.0 Å². The van der Waals surface area contributed by atoms with Gasteiger partial charge in [-0.3, -0.25) is 9.83 Å². The largest absolute Gasteiger partial charge is 0.268 e. The van der Waals surface area contributed by atoms with Crippen molar-refractivity contribution in [1.82, 2.24) is 5.48 Å². The van der Waals surface area contributed by atoms with Gasteiger partial charge in [0.25, 0.3) is 0 Å². The fourth-order valence-corrected chi connectivity index (χ4v) is 1.53. The minimum atomic E-state index is -0.0530. The van der Waals surface area contributed by atoms with Crippen LogP contribution in [0.3, 0.4) is 0 Å². The van der Waals surface area contributed by atoms with Crippen molar-refractivity contribution in [2.24, 2.45) is 4.99 Å². The highest BCUT2D eigenvalue weighted by molar-refractivity contribution is 6.30. The lowest BCUT2D eigenvalue weighted by atomic mass is 10.2. The molecule has 0 aliphatic carbocycles. The van der Waals surface area contributed by atoms with Gasteiger partial charge in [0.05, 0.1) is 12.4 Å². The highest BCUT2D eigenvalue weighted by atomic mass is 35.5. The zero-order valence-corrected chi connectivity index (χ0v) is 9.42. The van der Waals surface area contributed by atoms with Crippen LogP contribution in [0.25, 0.3) is 0 Å². The van der Waals surface area contributed by atoms with E-state index >= 15 is 0 Å². The van der Waals surface area contributed by atoms with Gasteiger partial charge in [-0.1, -0.05) is 11.6 Å². The first kappa shape index (κ1) is 10.7. The SMILES string of the molecule is ClCC1CN=C(c2ccc(Cl)cc2)NO1. The van der Waals surface area contributed by atoms with Gasteiger partial charge in [0.1, 0.15) is 6.10 Å². The Hall–Kier alpha value is -0.770. The number of hydrogen-bond donors (Lipinski definition) is 1. The topological polar surface area (TPSA) is 33.6 Å². The first-order valence-electron chi connectivity index (χ1n) is 4.57. The molecule has 0 saturated heterocycles. The Bertz CT molecular complexity index is 364. The third-order valence-corrected chi connectivity index (χ3v) is 2.66. The van der Waals surface area contributed by atoms with Crippen LogP contribution in [-0.2, 0) is 4.84 Å². The third kappa shape index (κ3) is 2.62. The molecule has 0 spiro atoms. The van der Waals surface area contributed by atoms with E-state index in [-0.39, 0.29) is 6.10 Å². The number of benzene rings is 1. The lowest BCUT2D eigenvalue weighted by Gasteiger charge is -2.21. The Labute approximate surface area is 98.0 Å². The molecule has 3 nitrogen and oxygen atoms in total. The van der Waals surface area contributed by atoms with E-state index < -0.39 is 0 Å². The smallest absolute Gasteiger partial charge is 0.152 e. The van der Waals surface area contributed by atoms with Gasteiger partial charge in [0.15, 0.2) is 5.84 Å². The van der Waals surface area contributed by atoms with E-state index in [1.807, 2.05) is 24.3 Å². The molecule has 2 rings (SSSR count). The number of alkyl halides is 1. The van der Waals surface area contributed by atoms with E-state index in [4.69, 9.17) is 28.0 Å². The molecule has 15 heavy (non-hydrogen) atoms. The zero-order valence-electron chi connectivity index (χ0n) is 7.91. The van der Waals surface area contributed by atoms with Crippen molar-refractivity contribution in [3.8, 4) is 0 Å². The second-order valence-corrected chi connectivity index (χ2v) is 3.94. The van der Waals surface area contributed by atoms with Crippen molar-refractivity contribution in [2.75, 3.05) is 12.4 Å². The molecule has 0 bridgehead atoms. The molecule has 0 radical (unpaired) electrons. The molecule has 0 fully saturated rings. The molecule has 1 aliphatic rings. The van der Waals surface area contributed by atoms with Gasteiger partial charge in [0.2, 0.25) is 0 Å². The summed E-state index contributed by atoms with van der Waals surface area (Å²) in [5.41, 5.74) is 3.73. The zero-order chi connectivity index (χ0) is 10.7. The van der Waals surface area contributed by atoms with Gasteiger partial charge in [0, 0.05) is 10.6 Å².